The number of nitrogens with zero attached hydrogens (tertiary/aromatic N) is 2. The lowest BCUT2D eigenvalue weighted by atomic mass is 10.2. The topological polar surface area (TPSA) is 42.9 Å². The van der Waals surface area contributed by atoms with Crippen LogP contribution < -0.4 is 0 Å². The third-order valence-electron chi connectivity index (χ3n) is 1.72. The summed E-state index contributed by atoms with van der Waals surface area (Å²) in [6, 6.07) is 9.62. The molecule has 1 atom stereocenters. The maximum atomic E-state index is 11.8. The summed E-state index contributed by atoms with van der Waals surface area (Å²) in [5.41, 5.74) is 1.02. The standard InChI is InChI=1S/C9H7ClN2OS2/c10-8-11-9(14-12-8)15(13)6-7-4-2-1-3-5-7/h1-5H,6H2. The van der Waals surface area contributed by atoms with Crippen LogP contribution in [0.2, 0.25) is 5.28 Å². The molecule has 1 heterocycles. The normalized spacial score (nSPS) is 12.6. The Morgan fingerprint density at radius 2 is 2.07 bits per heavy atom. The molecule has 1 aromatic carbocycles. The third-order valence-corrected chi connectivity index (χ3v) is 4.36. The molecule has 0 aliphatic heterocycles. The Bertz CT molecular complexity index is 472. The fraction of sp³-hybridized carbons (Fsp3) is 0.111. The molecule has 0 N–H and O–H groups in total. The average molecular weight is 259 g/mol. The van der Waals surface area contributed by atoms with E-state index >= 15 is 0 Å². The Morgan fingerprint density at radius 1 is 1.33 bits per heavy atom. The summed E-state index contributed by atoms with van der Waals surface area (Å²) in [6.07, 6.45) is 0. The lowest BCUT2D eigenvalue weighted by Gasteiger charge is -1.97. The summed E-state index contributed by atoms with van der Waals surface area (Å²) in [7, 11) is -1.15. The molecule has 0 aliphatic rings. The first kappa shape index (κ1) is 10.7. The average Bonchev–Trinajstić information content (AvgIpc) is 2.66. The van der Waals surface area contributed by atoms with Crippen molar-refractivity contribution in [2.45, 2.75) is 10.1 Å². The second-order valence-corrected chi connectivity index (χ2v) is 5.52. The van der Waals surface area contributed by atoms with Crippen molar-refractivity contribution in [2.75, 3.05) is 0 Å². The van der Waals surface area contributed by atoms with Gasteiger partial charge in [0.15, 0.2) is 0 Å². The van der Waals surface area contributed by atoms with Crippen LogP contribution in [-0.2, 0) is 16.6 Å². The molecule has 0 saturated heterocycles. The van der Waals surface area contributed by atoms with Crippen molar-refractivity contribution in [3.8, 4) is 0 Å². The van der Waals surface area contributed by atoms with E-state index in [-0.39, 0.29) is 5.28 Å². The third kappa shape index (κ3) is 2.84. The van der Waals surface area contributed by atoms with E-state index in [1.165, 1.54) is 0 Å². The summed E-state index contributed by atoms with van der Waals surface area (Å²) in [6.45, 7) is 0. The van der Waals surface area contributed by atoms with Gasteiger partial charge in [0.25, 0.3) is 0 Å². The van der Waals surface area contributed by atoms with Gasteiger partial charge in [0.05, 0.1) is 16.6 Å². The van der Waals surface area contributed by atoms with Gasteiger partial charge in [0.1, 0.15) is 0 Å². The van der Waals surface area contributed by atoms with Gasteiger partial charge >= 0.3 is 0 Å². The Morgan fingerprint density at radius 3 is 2.67 bits per heavy atom. The van der Waals surface area contributed by atoms with Crippen LogP contribution >= 0.6 is 23.1 Å². The van der Waals surface area contributed by atoms with Crippen LogP contribution in [0.15, 0.2) is 34.7 Å². The molecule has 3 nitrogen and oxygen atoms in total. The highest BCUT2D eigenvalue weighted by Gasteiger charge is 2.10. The van der Waals surface area contributed by atoms with Crippen molar-refractivity contribution in [3.63, 3.8) is 0 Å². The quantitative estimate of drug-likeness (QED) is 0.850. The molecule has 1 unspecified atom stereocenters. The number of hydrogen-bond acceptors (Lipinski definition) is 4. The van der Waals surface area contributed by atoms with Crippen molar-refractivity contribution in [1.29, 1.82) is 0 Å². The zero-order valence-corrected chi connectivity index (χ0v) is 9.98. The van der Waals surface area contributed by atoms with Crippen molar-refractivity contribution < 1.29 is 4.21 Å². The van der Waals surface area contributed by atoms with Gasteiger partial charge in [0.2, 0.25) is 9.62 Å². The predicted octanol–water partition coefficient (Wildman–Crippen LogP) is 2.50. The van der Waals surface area contributed by atoms with E-state index in [1.807, 2.05) is 30.3 Å². The van der Waals surface area contributed by atoms with Gasteiger partial charge < -0.3 is 0 Å². The van der Waals surface area contributed by atoms with Crippen LogP contribution in [0.1, 0.15) is 5.56 Å². The second-order valence-electron chi connectivity index (χ2n) is 2.80. The van der Waals surface area contributed by atoms with Gasteiger partial charge in [-0.1, -0.05) is 30.3 Å². The minimum Gasteiger partial charge on any atom is -0.251 e. The summed E-state index contributed by atoms with van der Waals surface area (Å²) in [5.74, 6) is 0.451. The molecule has 2 aromatic rings. The van der Waals surface area contributed by atoms with Crippen molar-refractivity contribution in [3.05, 3.63) is 41.2 Å². The molecule has 0 bridgehead atoms. The minimum atomic E-state index is -1.15. The monoisotopic (exact) mass is 258 g/mol. The molecule has 0 saturated carbocycles. The largest absolute Gasteiger partial charge is 0.251 e. The zero-order valence-electron chi connectivity index (χ0n) is 7.59. The molecular formula is C9H7ClN2OS2. The molecule has 15 heavy (non-hydrogen) atoms. The Balaban J connectivity index is 2.11. The Kier molecular flexibility index (Phi) is 3.45. The predicted molar refractivity (Wildman–Crippen MR) is 61.5 cm³/mol. The molecular weight excluding hydrogens is 252 g/mol. The van der Waals surface area contributed by atoms with E-state index in [0.717, 1.165) is 17.1 Å². The first-order chi connectivity index (χ1) is 7.25. The fourth-order valence-corrected chi connectivity index (χ4v) is 3.11. The summed E-state index contributed by atoms with van der Waals surface area (Å²) in [5, 5.41) is 0.163. The van der Waals surface area contributed by atoms with Gasteiger partial charge in [-0.25, -0.2) is 0 Å². The molecule has 0 amide bonds. The smallest absolute Gasteiger partial charge is 0.235 e. The number of halogens is 1. The molecule has 2 rings (SSSR count). The lowest BCUT2D eigenvalue weighted by molar-refractivity contribution is 0.682. The highest BCUT2D eigenvalue weighted by Crippen LogP contribution is 2.16. The molecule has 1 aromatic heterocycles. The highest BCUT2D eigenvalue weighted by molar-refractivity contribution is 7.86. The summed E-state index contributed by atoms with van der Waals surface area (Å²) < 4.78 is 16.0. The molecule has 0 radical (unpaired) electrons. The van der Waals surface area contributed by atoms with Gasteiger partial charge in [-0.2, -0.15) is 9.36 Å². The number of aromatic nitrogens is 2. The second kappa shape index (κ2) is 4.83. The van der Waals surface area contributed by atoms with Gasteiger partial charge in [0, 0.05) is 0 Å². The van der Waals surface area contributed by atoms with E-state index in [1.54, 1.807) is 0 Å². The molecule has 6 heteroatoms. The van der Waals surface area contributed by atoms with Crippen LogP contribution in [0, 0.1) is 0 Å². The van der Waals surface area contributed by atoms with Gasteiger partial charge in [-0.15, -0.1) is 0 Å². The van der Waals surface area contributed by atoms with Crippen molar-refractivity contribution >= 4 is 33.9 Å². The van der Waals surface area contributed by atoms with Gasteiger partial charge in [-0.3, -0.25) is 4.21 Å². The molecule has 0 spiro atoms. The first-order valence-corrected chi connectivity index (χ1v) is 6.64. The van der Waals surface area contributed by atoms with E-state index in [9.17, 15) is 4.21 Å². The van der Waals surface area contributed by atoms with E-state index in [0.29, 0.717) is 10.1 Å². The fourth-order valence-electron chi connectivity index (χ4n) is 1.07. The van der Waals surface area contributed by atoms with Crippen LogP contribution in [0.3, 0.4) is 0 Å². The lowest BCUT2D eigenvalue weighted by Crippen LogP contribution is -1.95. The SMILES string of the molecule is O=S(Cc1ccccc1)c1nc(Cl)ns1. The van der Waals surface area contributed by atoms with E-state index < -0.39 is 10.8 Å². The van der Waals surface area contributed by atoms with E-state index in [2.05, 4.69) is 9.36 Å². The van der Waals surface area contributed by atoms with Crippen molar-refractivity contribution in [2.24, 2.45) is 0 Å². The minimum absolute atomic E-state index is 0.163. The number of benzene rings is 1. The zero-order chi connectivity index (χ0) is 10.7. The van der Waals surface area contributed by atoms with Crippen LogP contribution in [0.4, 0.5) is 0 Å². The maximum Gasteiger partial charge on any atom is 0.235 e. The van der Waals surface area contributed by atoms with Crippen LogP contribution in [-0.4, -0.2) is 13.6 Å². The number of rotatable bonds is 3. The van der Waals surface area contributed by atoms with Crippen LogP contribution in [0.25, 0.3) is 0 Å². The number of hydrogen-bond donors (Lipinski definition) is 0. The Hall–Kier alpha value is -0.780. The maximum absolute atomic E-state index is 11.8. The van der Waals surface area contributed by atoms with Crippen molar-refractivity contribution in [1.82, 2.24) is 9.36 Å². The molecule has 0 aliphatic carbocycles. The summed E-state index contributed by atoms with van der Waals surface area (Å²) in [4.78, 5) is 3.88. The van der Waals surface area contributed by atoms with Gasteiger partial charge in [-0.05, 0) is 28.7 Å². The highest BCUT2D eigenvalue weighted by atomic mass is 35.5. The molecule has 78 valence electrons. The van der Waals surface area contributed by atoms with Crippen LogP contribution in [0.5, 0.6) is 0 Å². The van der Waals surface area contributed by atoms with E-state index in [4.69, 9.17) is 11.6 Å². The summed E-state index contributed by atoms with van der Waals surface area (Å²) >= 11 is 6.64. The molecule has 0 fully saturated rings. The Labute approximate surface area is 98.8 Å². The first-order valence-electron chi connectivity index (χ1n) is 4.17.